The first-order chi connectivity index (χ1) is 6.95. The van der Waals surface area contributed by atoms with Crippen LogP contribution in [0.25, 0.3) is 0 Å². The van der Waals surface area contributed by atoms with Crippen LogP contribution in [-0.4, -0.2) is 25.2 Å². The molecule has 0 heterocycles. The SMILES string of the molecule is C.C.C=C(C)C(=O)OCCOOC(=O)C(=C)C. The van der Waals surface area contributed by atoms with Crippen LogP contribution >= 0.6 is 0 Å². The van der Waals surface area contributed by atoms with Gasteiger partial charge in [-0.1, -0.05) is 28.0 Å². The summed E-state index contributed by atoms with van der Waals surface area (Å²) < 4.78 is 4.67. The van der Waals surface area contributed by atoms with Crippen molar-refractivity contribution in [1.29, 1.82) is 0 Å². The number of hydrogen-bond acceptors (Lipinski definition) is 5. The molecule has 5 nitrogen and oxygen atoms in total. The summed E-state index contributed by atoms with van der Waals surface area (Å²) in [5, 5.41) is 0. The average molecular weight is 246 g/mol. The van der Waals surface area contributed by atoms with Crippen molar-refractivity contribution in [3.63, 3.8) is 0 Å². The fourth-order valence-corrected chi connectivity index (χ4v) is 0.458. The van der Waals surface area contributed by atoms with E-state index in [1.807, 2.05) is 0 Å². The van der Waals surface area contributed by atoms with Crippen molar-refractivity contribution in [2.45, 2.75) is 28.7 Å². The van der Waals surface area contributed by atoms with E-state index in [4.69, 9.17) is 0 Å². The first kappa shape index (κ1) is 20.8. The molecule has 0 aliphatic rings. The van der Waals surface area contributed by atoms with Crippen molar-refractivity contribution >= 4 is 11.9 Å². The van der Waals surface area contributed by atoms with Gasteiger partial charge in [0.25, 0.3) is 0 Å². The summed E-state index contributed by atoms with van der Waals surface area (Å²) in [6.45, 7) is 9.74. The van der Waals surface area contributed by atoms with E-state index in [0.717, 1.165) is 0 Å². The Morgan fingerprint density at radius 3 is 1.82 bits per heavy atom. The number of carbonyl (C=O) groups is 2. The Balaban J connectivity index is -0.000000980. The van der Waals surface area contributed by atoms with Gasteiger partial charge in [-0.2, -0.15) is 4.89 Å². The van der Waals surface area contributed by atoms with Gasteiger partial charge in [0.05, 0.1) is 0 Å². The van der Waals surface area contributed by atoms with Gasteiger partial charge >= 0.3 is 11.9 Å². The molecule has 0 saturated heterocycles. The smallest absolute Gasteiger partial charge is 0.368 e. The highest BCUT2D eigenvalue weighted by atomic mass is 17.2. The summed E-state index contributed by atoms with van der Waals surface area (Å²) in [5.41, 5.74) is 0.530. The number of ether oxygens (including phenoxy) is 1. The Kier molecular flexibility index (Phi) is 13.3. The molecule has 0 rings (SSSR count). The topological polar surface area (TPSA) is 61.8 Å². The lowest BCUT2D eigenvalue weighted by Gasteiger charge is -2.04. The third-order valence-electron chi connectivity index (χ3n) is 1.23. The summed E-state index contributed by atoms with van der Waals surface area (Å²) >= 11 is 0. The third-order valence-corrected chi connectivity index (χ3v) is 1.23. The molecule has 0 bridgehead atoms. The normalized spacial score (nSPS) is 8.12. The molecule has 5 heteroatoms. The molecular formula is C12H22O5. The first-order valence-corrected chi connectivity index (χ1v) is 4.27. The summed E-state index contributed by atoms with van der Waals surface area (Å²) in [5.74, 6) is -1.16. The zero-order valence-corrected chi connectivity index (χ0v) is 8.87. The molecule has 0 aromatic rings. The van der Waals surface area contributed by atoms with Crippen LogP contribution in [-0.2, 0) is 24.1 Å². The zero-order chi connectivity index (χ0) is 11.8. The standard InChI is InChI=1S/C10H14O5.2CH4/c1-7(2)9(11)13-5-6-14-15-10(12)8(3)4;;/h1,3,5-6H2,2,4H3;2*1H4. The van der Waals surface area contributed by atoms with Crippen LogP contribution in [0, 0.1) is 0 Å². The predicted molar refractivity (Wildman–Crippen MR) is 66.1 cm³/mol. The molecule has 0 unspecified atom stereocenters. The van der Waals surface area contributed by atoms with Crippen LogP contribution in [0.5, 0.6) is 0 Å². The summed E-state index contributed by atoms with van der Waals surface area (Å²) in [6.07, 6.45) is 0. The quantitative estimate of drug-likeness (QED) is 0.237. The molecule has 0 radical (unpaired) electrons. The van der Waals surface area contributed by atoms with E-state index in [9.17, 15) is 9.59 Å². The van der Waals surface area contributed by atoms with E-state index in [2.05, 4.69) is 27.7 Å². The van der Waals surface area contributed by atoms with E-state index < -0.39 is 11.9 Å². The van der Waals surface area contributed by atoms with Crippen molar-refractivity contribution in [3.8, 4) is 0 Å². The highest BCUT2D eigenvalue weighted by molar-refractivity contribution is 5.87. The largest absolute Gasteiger partial charge is 0.460 e. The van der Waals surface area contributed by atoms with Gasteiger partial charge in [-0.15, -0.1) is 0 Å². The van der Waals surface area contributed by atoms with E-state index >= 15 is 0 Å². The van der Waals surface area contributed by atoms with Crippen molar-refractivity contribution in [3.05, 3.63) is 24.3 Å². The molecule has 100 valence electrons. The van der Waals surface area contributed by atoms with Crippen LogP contribution in [0.4, 0.5) is 0 Å². The molecule has 0 spiro atoms. The molecule has 17 heavy (non-hydrogen) atoms. The van der Waals surface area contributed by atoms with Crippen LogP contribution in [0.15, 0.2) is 24.3 Å². The Labute approximate surface area is 103 Å². The fourth-order valence-electron chi connectivity index (χ4n) is 0.458. The number of esters is 1. The Bertz CT molecular complexity index is 253. The molecular weight excluding hydrogens is 224 g/mol. The van der Waals surface area contributed by atoms with Crippen molar-refractivity contribution in [2.24, 2.45) is 0 Å². The highest BCUT2D eigenvalue weighted by Crippen LogP contribution is 1.94. The second-order valence-electron chi connectivity index (χ2n) is 2.89. The van der Waals surface area contributed by atoms with E-state index in [1.54, 1.807) is 0 Å². The highest BCUT2D eigenvalue weighted by Gasteiger charge is 2.05. The first-order valence-electron chi connectivity index (χ1n) is 4.27. The molecule has 0 aromatic carbocycles. The van der Waals surface area contributed by atoms with Gasteiger partial charge < -0.3 is 4.74 Å². The van der Waals surface area contributed by atoms with Crippen molar-refractivity contribution in [1.82, 2.24) is 0 Å². The molecule has 0 fully saturated rings. The predicted octanol–water partition coefficient (Wildman–Crippen LogP) is 2.43. The van der Waals surface area contributed by atoms with E-state index in [0.29, 0.717) is 5.57 Å². The van der Waals surface area contributed by atoms with Crippen LogP contribution in [0.1, 0.15) is 28.7 Å². The molecule has 0 N–H and O–H groups in total. The average Bonchev–Trinajstić information content (AvgIpc) is 2.16. The lowest BCUT2D eigenvalue weighted by atomic mass is 10.4. The Morgan fingerprint density at radius 1 is 0.941 bits per heavy atom. The van der Waals surface area contributed by atoms with Crippen LogP contribution in [0.2, 0.25) is 0 Å². The summed E-state index contributed by atoms with van der Waals surface area (Å²) in [4.78, 5) is 30.4. The molecule has 0 aliphatic carbocycles. The lowest BCUT2D eigenvalue weighted by Crippen LogP contribution is -2.13. The minimum absolute atomic E-state index is 0. The lowest BCUT2D eigenvalue weighted by molar-refractivity contribution is -0.271. The molecule has 0 atom stereocenters. The maximum absolute atomic E-state index is 10.8. The number of hydrogen-bond donors (Lipinski definition) is 0. The van der Waals surface area contributed by atoms with E-state index in [-0.39, 0.29) is 33.6 Å². The van der Waals surface area contributed by atoms with Crippen molar-refractivity contribution < 1.29 is 24.1 Å². The minimum atomic E-state index is -0.652. The van der Waals surface area contributed by atoms with Gasteiger partial charge in [0.1, 0.15) is 13.2 Å². The molecule has 0 aliphatic heterocycles. The fraction of sp³-hybridized carbons (Fsp3) is 0.500. The van der Waals surface area contributed by atoms with Gasteiger partial charge in [-0.3, -0.25) is 4.89 Å². The van der Waals surface area contributed by atoms with Gasteiger partial charge in [-0.05, 0) is 13.8 Å². The third kappa shape index (κ3) is 10.7. The van der Waals surface area contributed by atoms with E-state index in [1.165, 1.54) is 13.8 Å². The maximum atomic E-state index is 10.8. The van der Waals surface area contributed by atoms with Crippen LogP contribution in [0.3, 0.4) is 0 Å². The number of rotatable bonds is 6. The molecule has 0 aromatic heterocycles. The van der Waals surface area contributed by atoms with Crippen LogP contribution < -0.4 is 0 Å². The Hall–Kier alpha value is -1.62. The maximum Gasteiger partial charge on any atom is 0.368 e. The zero-order valence-electron chi connectivity index (χ0n) is 8.87. The monoisotopic (exact) mass is 246 g/mol. The summed E-state index contributed by atoms with van der Waals surface area (Å²) in [7, 11) is 0. The second-order valence-corrected chi connectivity index (χ2v) is 2.89. The minimum Gasteiger partial charge on any atom is -0.460 e. The van der Waals surface area contributed by atoms with Crippen molar-refractivity contribution in [2.75, 3.05) is 13.2 Å². The van der Waals surface area contributed by atoms with Gasteiger partial charge in [0, 0.05) is 11.1 Å². The number of carbonyl (C=O) groups excluding carboxylic acids is 2. The van der Waals surface area contributed by atoms with Gasteiger partial charge in [0.15, 0.2) is 0 Å². The van der Waals surface area contributed by atoms with Gasteiger partial charge in [-0.25, -0.2) is 9.59 Å². The molecule has 0 saturated carbocycles. The second kappa shape index (κ2) is 10.9. The van der Waals surface area contributed by atoms with Gasteiger partial charge in [0.2, 0.25) is 0 Å². The molecule has 0 amide bonds. The Morgan fingerprint density at radius 2 is 1.41 bits per heavy atom. The summed E-state index contributed by atoms with van der Waals surface area (Å²) in [6, 6.07) is 0.